The average Bonchev–Trinajstić information content (AvgIpc) is 2.83. The number of imide groups is 2. The predicted molar refractivity (Wildman–Crippen MR) is 133 cm³/mol. The molecule has 3 aromatic rings. The van der Waals surface area contributed by atoms with Crippen LogP contribution in [0.3, 0.4) is 0 Å². The van der Waals surface area contributed by atoms with E-state index in [2.05, 4.69) is 5.32 Å². The van der Waals surface area contributed by atoms with Gasteiger partial charge in [-0.05, 0) is 60.2 Å². The lowest BCUT2D eigenvalue weighted by molar-refractivity contribution is -0.129. The van der Waals surface area contributed by atoms with Crippen LogP contribution in [0.2, 0.25) is 10.0 Å². The van der Waals surface area contributed by atoms with Crippen LogP contribution in [0.1, 0.15) is 11.1 Å². The van der Waals surface area contributed by atoms with Gasteiger partial charge in [0.2, 0.25) is 0 Å². The van der Waals surface area contributed by atoms with Crippen LogP contribution in [0.15, 0.2) is 84.4 Å². The first-order valence-corrected chi connectivity index (χ1v) is 11.0. The van der Waals surface area contributed by atoms with Gasteiger partial charge >= 0.3 is 12.0 Å². The zero-order chi connectivity index (χ0) is 24.9. The van der Waals surface area contributed by atoms with Gasteiger partial charge in [-0.1, -0.05) is 53.5 Å². The van der Waals surface area contributed by atoms with Crippen molar-refractivity contribution in [3.05, 3.63) is 106 Å². The second kappa shape index (κ2) is 10.4. The van der Waals surface area contributed by atoms with E-state index in [1.54, 1.807) is 48.5 Å². The normalized spacial score (nSPS) is 15.0. The Bertz CT molecular complexity index is 1380. The Hall–Kier alpha value is -4.20. The smallest absolute Gasteiger partial charge is 0.336 e. The Balaban J connectivity index is 1.59. The van der Waals surface area contributed by atoms with Gasteiger partial charge in [0.25, 0.3) is 11.8 Å². The molecule has 4 rings (SSSR count). The van der Waals surface area contributed by atoms with Crippen molar-refractivity contribution < 1.29 is 23.9 Å². The van der Waals surface area contributed by atoms with Crippen LogP contribution >= 0.6 is 23.2 Å². The average molecular weight is 507 g/mol. The first kappa shape index (κ1) is 23.9. The maximum absolute atomic E-state index is 13.1. The zero-order valence-electron chi connectivity index (χ0n) is 17.9. The van der Waals surface area contributed by atoms with Gasteiger partial charge in [0.1, 0.15) is 11.3 Å². The standard InChI is InChI=1S/C26H16Cl2N2O5/c27-18-8-5-16(6-9-18)7-14-23(31)35-22-4-2-1-3-17(22)15-21-24(32)29-26(34)30(25(21)33)20-12-10-19(28)11-13-20/h1-15H,(H,29,32,34)/b14-7+,21-15-. The number of carbonyl (C=O) groups excluding carboxylic acids is 4. The lowest BCUT2D eigenvalue weighted by Crippen LogP contribution is -2.54. The third-order valence-corrected chi connectivity index (χ3v) is 5.40. The molecule has 9 heteroatoms. The van der Waals surface area contributed by atoms with Crippen molar-refractivity contribution in [2.75, 3.05) is 4.90 Å². The quantitative estimate of drug-likeness (QED) is 0.220. The number of esters is 1. The summed E-state index contributed by atoms with van der Waals surface area (Å²) in [6, 6.07) is 18.4. The summed E-state index contributed by atoms with van der Waals surface area (Å²) in [5.74, 6) is -2.23. The van der Waals surface area contributed by atoms with Crippen LogP contribution in [0, 0.1) is 0 Å². The first-order valence-electron chi connectivity index (χ1n) is 10.2. The van der Waals surface area contributed by atoms with Gasteiger partial charge in [-0.2, -0.15) is 0 Å². The summed E-state index contributed by atoms with van der Waals surface area (Å²) in [6.07, 6.45) is 4.07. The number of urea groups is 1. The number of amides is 4. The number of ether oxygens (including phenoxy) is 1. The second-order valence-corrected chi connectivity index (χ2v) is 8.15. The largest absolute Gasteiger partial charge is 0.423 e. The Morgan fingerprint density at radius 1 is 0.857 bits per heavy atom. The highest BCUT2D eigenvalue weighted by Crippen LogP contribution is 2.26. The Kier molecular flexibility index (Phi) is 7.10. The molecule has 7 nitrogen and oxygen atoms in total. The van der Waals surface area contributed by atoms with E-state index in [4.69, 9.17) is 27.9 Å². The van der Waals surface area contributed by atoms with Crippen molar-refractivity contribution in [1.82, 2.24) is 5.32 Å². The van der Waals surface area contributed by atoms with Gasteiger partial charge < -0.3 is 4.74 Å². The Morgan fingerprint density at radius 3 is 2.17 bits per heavy atom. The molecule has 0 bridgehead atoms. The molecule has 35 heavy (non-hydrogen) atoms. The maximum atomic E-state index is 13.1. The molecule has 0 spiro atoms. The predicted octanol–water partition coefficient (Wildman–Crippen LogP) is 5.28. The molecular weight excluding hydrogens is 491 g/mol. The van der Waals surface area contributed by atoms with Crippen molar-refractivity contribution in [2.24, 2.45) is 0 Å². The summed E-state index contributed by atoms with van der Waals surface area (Å²) in [6.45, 7) is 0. The molecule has 0 radical (unpaired) electrons. The molecule has 1 aliphatic heterocycles. The number of para-hydroxylation sites is 1. The van der Waals surface area contributed by atoms with Crippen molar-refractivity contribution in [3.8, 4) is 5.75 Å². The van der Waals surface area contributed by atoms with Crippen LogP contribution in [0.4, 0.5) is 10.5 Å². The Morgan fingerprint density at radius 2 is 1.49 bits per heavy atom. The van der Waals surface area contributed by atoms with Crippen molar-refractivity contribution in [3.63, 3.8) is 0 Å². The molecule has 0 atom stereocenters. The number of benzene rings is 3. The number of halogens is 2. The van der Waals surface area contributed by atoms with Crippen LogP contribution < -0.4 is 15.0 Å². The molecule has 1 N–H and O–H groups in total. The molecule has 4 amide bonds. The van der Waals surface area contributed by atoms with Gasteiger partial charge in [0.15, 0.2) is 0 Å². The lowest BCUT2D eigenvalue weighted by atomic mass is 10.1. The summed E-state index contributed by atoms with van der Waals surface area (Å²) < 4.78 is 5.41. The third kappa shape index (κ3) is 5.66. The molecule has 0 aliphatic carbocycles. The number of nitrogens with one attached hydrogen (secondary N) is 1. The Labute approximate surface area is 210 Å². The van der Waals surface area contributed by atoms with Gasteiger partial charge in [-0.15, -0.1) is 0 Å². The van der Waals surface area contributed by atoms with E-state index in [1.807, 2.05) is 0 Å². The van der Waals surface area contributed by atoms with Crippen molar-refractivity contribution in [1.29, 1.82) is 0 Å². The fourth-order valence-corrected chi connectivity index (χ4v) is 3.46. The number of anilines is 1. The van der Waals surface area contributed by atoms with E-state index in [1.165, 1.54) is 42.5 Å². The topological polar surface area (TPSA) is 92.8 Å². The first-order chi connectivity index (χ1) is 16.8. The van der Waals surface area contributed by atoms with E-state index >= 15 is 0 Å². The molecule has 0 unspecified atom stereocenters. The second-order valence-electron chi connectivity index (χ2n) is 7.28. The van der Waals surface area contributed by atoms with Crippen LogP contribution in [-0.2, 0) is 14.4 Å². The molecule has 0 aromatic heterocycles. The van der Waals surface area contributed by atoms with E-state index in [-0.39, 0.29) is 17.0 Å². The zero-order valence-corrected chi connectivity index (χ0v) is 19.4. The molecule has 1 aliphatic rings. The molecule has 174 valence electrons. The summed E-state index contributed by atoms with van der Waals surface area (Å²) in [4.78, 5) is 51.1. The van der Waals surface area contributed by atoms with Crippen molar-refractivity contribution in [2.45, 2.75) is 0 Å². The fourth-order valence-electron chi connectivity index (χ4n) is 3.21. The molecule has 3 aromatic carbocycles. The van der Waals surface area contributed by atoms with E-state index in [0.717, 1.165) is 10.5 Å². The summed E-state index contributed by atoms with van der Waals surface area (Å²) >= 11 is 11.7. The number of hydrogen-bond donors (Lipinski definition) is 1. The SMILES string of the molecule is O=C(/C=C/c1ccc(Cl)cc1)Oc1ccccc1/C=C1/C(=O)NC(=O)N(c2ccc(Cl)cc2)C1=O. The minimum absolute atomic E-state index is 0.126. The molecule has 1 saturated heterocycles. The summed E-state index contributed by atoms with van der Waals surface area (Å²) in [5, 5.41) is 3.14. The minimum Gasteiger partial charge on any atom is -0.423 e. The highest BCUT2D eigenvalue weighted by molar-refractivity contribution is 6.39. The monoisotopic (exact) mass is 506 g/mol. The maximum Gasteiger partial charge on any atom is 0.336 e. The highest BCUT2D eigenvalue weighted by atomic mass is 35.5. The van der Waals surface area contributed by atoms with Gasteiger partial charge in [0.05, 0.1) is 5.69 Å². The number of barbiturate groups is 1. The lowest BCUT2D eigenvalue weighted by Gasteiger charge is -2.26. The number of rotatable bonds is 5. The van der Waals surface area contributed by atoms with Crippen LogP contribution in [-0.4, -0.2) is 23.8 Å². The van der Waals surface area contributed by atoms with Gasteiger partial charge in [0, 0.05) is 21.7 Å². The van der Waals surface area contributed by atoms with E-state index in [0.29, 0.717) is 15.6 Å². The van der Waals surface area contributed by atoms with Crippen LogP contribution in [0.25, 0.3) is 12.2 Å². The number of hydrogen-bond acceptors (Lipinski definition) is 5. The molecule has 1 heterocycles. The van der Waals surface area contributed by atoms with Crippen LogP contribution in [0.5, 0.6) is 5.75 Å². The summed E-state index contributed by atoms with van der Waals surface area (Å²) in [5.41, 5.74) is 0.977. The third-order valence-electron chi connectivity index (χ3n) is 4.90. The molecule has 1 fully saturated rings. The summed E-state index contributed by atoms with van der Waals surface area (Å²) in [7, 11) is 0. The van der Waals surface area contributed by atoms with Gasteiger partial charge in [-0.3, -0.25) is 14.9 Å². The molecule has 0 saturated carbocycles. The van der Waals surface area contributed by atoms with Gasteiger partial charge in [-0.25, -0.2) is 14.5 Å². The highest BCUT2D eigenvalue weighted by Gasteiger charge is 2.37. The van der Waals surface area contributed by atoms with E-state index < -0.39 is 23.8 Å². The molecular formula is C26H16Cl2N2O5. The van der Waals surface area contributed by atoms with Crippen molar-refractivity contribution >= 4 is 64.9 Å². The number of nitrogens with zero attached hydrogens (tertiary/aromatic N) is 1. The van der Waals surface area contributed by atoms with E-state index in [9.17, 15) is 19.2 Å². The fraction of sp³-hybridized carbons (Fsp3) is 0. The number of carbonyl (C=O) groups is 4. The minimum atomic E-state index is -0.883.